The van der Waals surface area contributed by atoms with E-state index in [1.165, 1.54) is 48.5 Å². The zero-order chi connectivity index (χ0) is 45.0. The van der Waals surface area contributed by atoms with Crippen molar-refractivity contribution in [3.05, 3.63) is 179 Å². The smallest absolute Gasteiger partial charge is 0.338 e. The molecule has 2 heterocycles. The van der Waals surface area contributed by atoms with Crippen molar-refractivity contribution in [2.75, 3.05) is 13.2 Å². The Morgan fingerprint density at radius 3 is 1.27 bits per heavy atom. The van der Waals surface area contributed by atoms with Crippen LogP contribution in [0.4, 0.5) is 0 Å². The van der Waals surface area contributed by atoms with E-state index in [1.54, 1.807) is 110 Å². The van der Waals surface area contributed by atoms with Gasteiger partial charge in [0.15, 0.2) is 36.8 Å². The van der Waals surface area contributed by atoms with E-state index in [9.17, 15) is 28.8 Å². The Labute approximate surface area is 368 Å². The van der Waals surface area contributed by atoms with Gasteiger partial charge in [-0.3, -0.25) is 4.79 Å². The largest absolute Gasteiger partial charge is 0.459 e. The molecule has 5 aromatic rings. The molecular weight excluding hydrogens is 829 g/mol. The summed E-state index contributed by atoms with van der Waals surface area (Å²) in [6, 6.07) is 39.9. The number of carbonyl (C=O) groups excluding carboxylic acids is 6. The number of hydrogen-bond donors (Lipinski definition) is 0. The molecule has 0 N–H and O–H groups in total. The van der Waals surface area contributed by atoms with Gasteiger partial charge in [-0.05, 0) is 67.6 Å². The topological polar surface area (TPSA) is 185 Å². The van der Waals surface area contributed by atoms with Gasteiger partial charge in [0.05, 0.1) is 40.5 Å². The van der Waals surface area contributed by atoms with E-state index in [1.807, 2.05) is 0 Å². The van der Waals surface area contributed by atoms with Crippen LogP contribution >= 0.6 is 0 Å². The summed E-state index contributed by atoms with van der Waals surface area (Å²) < 4.78 is 54.9. The maximum atomic E-state index is 14.0. The fraction of sp³-hybridized carbons (Fsp3) is 0.265. The van der Waals surface area contributed by atoms with Gasteiger partial charge in [0.2, 0.25) is 0 Å². The van der Waals surface area contributed by atoms with Crippen molar-refractivity contribution in [2.45, 2.75) is 69.0 Å². The zero-order valence-electron chi connectivity index (χ0n) is 34.7. The Kier molecular flexibility index (Phi) is 14.9. The fourth-order valence-corrected chi connectivity index (χ4v) is 7.10. The van der Waals surface area contributed by atoms with Crippen molar-refractivity contribution in [3.63, 3.8) is 0 Å². The van der Waals surface area contributed by atoms with Crippen molar-refractivity contribution in [2.24, 2.45) is 0 Å². The highest BCUT2D eigenvalue weighted by Gasteiger charge is 2.56. The van der Waals surface area contributed by atoms with E-state index in [0.717, 1.165) is 6.92 Å². The number of rotatable bonds is 14. The molecule has 15 heteroatoms. The molecule has 15 nitrogen and oxygen atoms in total. The van der Waals surface area contributed by atoms with E-state index >= 15 is 0 Å². The van der Waals surface area contributed by atoms with Crippen molar-refractivity contribution in [1.29, 1.82) is 0 Å². The molecule has 2 fully saturated rings. The molecule has 0 bridgehead atoms. The number of esters is 6. The molecule has 0 radical (unpaired) electrons. The average molecular weight is 873 g/mol. The molecule has 2 aliphatic heterocycles. The Bertz CT molecular complexity index is 2360. The number of hydrogen-bond acceptors (Lipinski definition) is 15. The second-order valence-electron chi connectivity index (χ2n) is 14.7. The quantitative estimate of drug-likeness (QED) is 0.0906. The predicted molar refractivity (Wildman–Crippen MR) is 224 cm³/mol. The molecular formula is C49H44O15. The molecule has 9 atom stereocenters. The zero-order valence-corrected chi connectivity index (χ0v) is 34.7. The molecule has 3 unspecified atom stereocenters. The molecule has 0 saturated carbocycles. The van der Waals surface area contributed by atoms with Gasteiger partial charge >= 0.3 is 35.8 Å². The summed E-state index contributed by atoms with van der Waals surface area (Å²) in [5, 5.41) is 0. The first-order chi connectivity index (χ1) is 31.0. The molecule has 330 valence electrons. The highest BCUT2D eigenvalue weighted by molar-refractivity contribution is 5.92. The summed E-state index contributed by atoms with van der Waals surface area (Å²) in [5.41, 5.74) is 0.703. The Morgan fingerprint density at radius 1 is 0.469 bits per heavy atom. The summed E-state index contributed by atoms with van der Waals surface area (Å²) in [4.78, 5) is 81.4. The SMILES string of the molecule is CC(=O)O[C@@H]1C(OC(=O)c2ccccc2)[C@H](C)OC[C@H]1O[C@@H]1OC(COC(=O)c2ccccc2)[C@H](OC(=O)c2ccccc2)[C@H](OC(=O)c2ccccc2)C1OC(=O)c1ccccc1. The van der Waals surface area contributed by atoms with E-state index < -0.39 is 97.5 Å². The van der Waals surface area contributed by atoms with Crippen LogP contribution in [-0.4, -0.2) is 104 Å². The van der Waals surface area contributed by atoms with E-state index in [0.29, 0.717) is 0 Å². The minimum absolute atomic E-state index is 0.0895. The van der Waals surface area contributed by atoms with Crippen LogP contribution in [-0.2, 0) is 47.4 Å². The van der Waals surface area contributed by atoms with E-state index in [2.05, 4.69) is 0 Å². The Balaban J connectivity index is 1.30. The van der Waals surface area contributed by atoms with Crippen LogP contribution in [0.3, 0.4) is 0 Å². The molecule has 0 aliphatic carbocycles. The van der Waals surface area contributed by atoms with E-state index in [4.69, 9.17) is 42.6 Å². The summed E-state index contributed by atoms with van der Waals surface area (Å²) >= 11 is 0. The monoisotopic (exact) mass is 872 g/mol. The van der Waals surface area contributed by atoms with Gasteiger partial charge < -0.3 is 42.6 Å². The Hall–Kier alpha value is -7.20. The van der Waals surface area contributed by atoms with Crippen molar-refractivity contribution < 1.29 is 71.4 Å². The van der Waals surface area contributed by atoms with Crippen LogP contribution < -0.4 is 0 Å². The van der Waals surface area contributed by atoms with Crippen LogP contribution in [0.2, 0.25) is 0 Å². The first-order valence-electron chi connectivity index (χ1n) is 20.4. The first kappa shape index (κ1) is 44.8. The van der Waals surface area contributed by atoms with Gasteiger partial charge in [-0.25, -0.2) is 24.0 Å². The molecule has 2 aliphatic rings. The summed E-state index contributed by atoms with van der Waals surface area (Å²) in [7, 11) is 0. The average Bonchev–Trinajstić information content (AvgIpc) is 3.33. The molecule has 0 spiro atoms. The Morgan fingerprint density at radius 2 is 0.844 bits per heavy atom. The number of benzene rings is 5. The minimum Gasteiger partial charge on any atom is -0.459 e. The second-order valence-corrected chi connectivity index (χ2v) is 14.7. The molecule has 0 aromatic heterocycles. The number of carbonyl (C=O) groups is 6. The van der Waals surface area contributed by atoms with Gasteiger partial charge in [0.25, 0.3) is 0 Å². The molecule has 5 aromatic carbocycles. The highest BCUT2D eigenvalue weighted by Crippen LogP contribution is 2.35. The maximum Gasteiger partial charge on any atom is 0.338 e. The van der Waals surface area contributed by atoms with Crippen LogP contribution in [0.15, 0.2) is 152 Å². The summed E-state index contributed by atoms with van der Waals surface area (Å²) in [6.07, 6.45) is -13.1. The second kappa shape index (κ2) is 21.3. The van der Waals surface area contributed by atoms with Crippen LogP contribution in [0, 0.1) is 0 Å². The van der Waals surface area contributed by atoms with Gasteiger partial charge in [-0.1, -0.05) is 91.0 Å². The van der Waals surface area contributed by atoms with E-state index in [-0.39, 0.29) is 34.4 Å². The molecule has 2 saturated heterocycles. The lowest BCUT2D eigenvalue weighted by molar-refractivity contribution is -0.328. The van der Waals surface area contributed by atoms with Crippen LogP contribution in [0.25, 0.3) is 0 Å². The van der Waals surface area contributed by atoms with Crippen molar-refractivity contribution in [3.8, 4) is 0 Å². The highest BCUT2D eigenvalue weighted by atomic mass is 16.8. The molecule has 64 heavy (non-hydrogen) atoms. The van der Waals surface area contributed by atoms with Gasteiger partial charge in [-0.2, -0.15) is 0 Å². The third kappa shape index (κ3) is 11.2. The lowest BCUT2D eigenvalue weighted by atomic mass is 9.96. The predicted octanol–water partition coefficient (Wildman–Crippen LogP) is 6.21. The first-order valence-corrected chi connectivity index (χ1v) is 20.4. The third-order valence-electron chi connectivity index (χ3n) is 10.3. The lowest BCUT2D eigenvalue weighted by Crippen LogP contribution is -2.65. The maximum absolute atomic E-state index is 14.0. The summed E-state index contributed by atoms with van der Waals surface area (Å²) in [5.74, 6) is -4.96. The minimum atomic E-state index is -1.76. The molecule has 0 amide bonds. The molecule has 7 rings (SSSR count). The number of ether oxygens (including phenoxy) is 9. The van der Waals surface area contributed by atoms with Gasteiger partial charge in [0.1, 0.15) is 18.8 Å². The van der Waals surface area contributed by atoms with Crippen LogP contribution in [0.1, 0.15) is 65.6 Å². The summed E-state index contributed by atoms with van der Waals surface area (Å²) in [6.45, 7) is 1.91. The van der Waals surface area contributed by atoms with Crippen LogP contribution in [0.5, 0.6) is 0 Å². The lowest BCUT2D eigenvalue weighted by Gasteiger charge is -2.47. The van der Waals surface area contributed by atoms with Crippen molar-refractivity contribution >= 4 is 35.8 Å². The standard InChI is InChI=1S/C49H44O15/c1-30-39(61-45(52)33-20-10-4-11-21-33)40(58-31(2)50)37(28-56-30)59-49-43(64-48(55)36-26-16-7-17-27-36)42(63-47(54)35-24-14-6-15-25-35)41(62-46(53)34-22-12-5-13-23-34)38(60-49)29-57-44(51)32-18-8-3-9-19-32/h3-27,30,37-43,49H,28-29H2,1-2H3/t30-,37+,38?,39?,40-,41-,42-,43?,49+/m0/s1. The normalized spacial score (nSPS) is 23.9. The fourth-order valence-electron chi connectivity index (χ4n) is 7.10. The van der Waals surface area contributed by atoms with Crippen molar-refractivity contribution in [1.82, 2.24) is 0 Å². The van der Waals surface area contributed by atoms with Gasteiger partial charge in [0, 0.05) is 6.92 Å². The third-order valence-corrected chi connectivity index (χ3v) is 10.3. The van der Waals surface area contributed by atoms with Gasteiger partial charge in [-0.15, -0.1) is 0 Å².